The fraction of sp³-hybridized carbons (Fsp3) is 0.870. The lowest BCUT2D eigenvalue weighted by Crippen LogP contribution is -2.63. The Kier molecular flexibility index (Phi) is 18.4. The van der Waals surface area contributed by atoms with Crippen LogP contribution in [0.3, 0.4) is 0 Å². The molecular formula is C23H42N6O6S3. The van der Waals surface area contributed by atoms with Crippen LogP contribution in [0.1, 0.15) is 103 Å². The molecule has 0 unspecified atom stereocenters. The lowest BCUT2D eigenvalue weighted by Gasteiger charge is -2.32. The van der Waals surface area contributed by atoms with Crippen molar-refractivity contribution in [3.05, 3.63) is 0 Å². The number of nitrogens with one attached hydrogen (secondary N) is 3. The Balaban J connectivity index is 6.13. The van der Waals surface area contributed by atoms with Gasteiger partial charge in [-0.05, 0) is 44.9 Å². The summed E-state index contributed by atoms with van der Waals surface area (Å²) in [6.45, 7) is 1.18. The zero-order valence-electron chi connectivity index (χ0n) is 22.2. The maximum Gasteiger partial charge on any atom is 0.313 e. The van der Waals surface area contributed by atoms with Gasteiger partial charge in [0.2, 0.25) is 30.1 Å². The number of unbranched alkanes of at least 4 members (excludes halogenated alkanes) is 10. The molecule has 0 bridgehead atoms. The van der Waals surface area contributed by atoms with E-state index in [1.54, 1.807) is 6.92 Å². The van der Waals surface area contributed by atoms with Crippen LogP contribution in [0.15, 0.2) is 0 Å². The Hall–Kier alpha value is -1.80. The monoisotopic (exact) mass is 594 g/mol. The van der Waals surface area contributed by atoms with Crippen LogP contribution in [-0.2, 0) is 30.1 Å². The minimum Gasteiger partial charge on any atom is -0.213 e. The molecule has 0 spiro atoms. The van der Waals surface area contributed by atoms with Crippen molar-refractivity contribution in [1.29, 1.82) is 15.8 Å². The molecule has 0 aliphatic carbocycles. The largest absolute Gasteiger partial charge is 0.313 e. The SMILES string of the molecule is CCCCC(S(=O)(=O)NCCCCCC#N)(S(=O)(=O)NCCCCCC#N)S(=O)(=O)NCCCCCC#N. The second-order valence-corrected chi connectivity index (χ2v) is 15.6. The highest BCUT2D eigenvalue weighted by atomic mass is 32.3. The van der Waals surface area contributed by atoms with Crippen LogP contribution >= 0.6 is 0 Å². The van der Waals surface area contributed by atoms with Crippen LogP contribution in [0.4, 0.5) is 0 Å². The highest BCUT2D eigenvalue weighted by Gasteiger charge is 2.64. The molecule has 0 saturated carbocycles. The van der Waals surface area contributed by atoms with E-state index in [1.165, 1.54) is 0 Å². The van der Waals surface area contributed by atoms with Crippen molar-refractivity contribution in [2.24, 2.45) is 0 Å². The molecule has 0 saturated heterocycles. The molecular weight excluding hydrogens is 552 g/mol. The molecule has 15 heteroatoms. The average molecular weight is 595 g/mol. The van der Waals surface area contributed by atoms with Crippen LogP contribution in [0.25, 0.3) is 0 Å². The molecule has 38 heavy (non-hydrogen) atoms. The molecule has 0 atom stereocenters. The van der Waals surface area contributed by atoms with Gasteiger partial charge in [0.25, 0.3) is 0 Å². The molecule has 0 radical (unpaired) electrons. The Bertz CT molecular complexity index is 984. The van der Waals surface area contributed by atoms with Crippen molar-refractivity contribution in [3.63, 3.8) is 0 Å². The van der Waals surface area contributed by atoms with Crippen LogP contribution in [0, 0.1) is 34.0 Å². The number of nitrogens with zero attached hydrogens (tertiary/aromatic N) is 3. The molecule has 0 aromatic heterocycles. The van der Waals surface area contributed by atoms with Crippen molar-refractivity contribution >= 4 is 30.1 Å². The molecule has 0 aromatic carbocycles. The second kappa shape index (κ2) is 19.3. The van der Waals surface area contributed by atoms with Gasteiger partial charge in [-0.2, -0.15) is 15.8 Å². The van der Waals surface area contributed by atoms with Gasteiger partial charge in [0.15, 0.2) is 0 Å². The lowest BCUT2D eigenvalue weighted by molar-refractivity contribution is 0.512. The summed E-state index contributed by atoms with van der Waals surface area (Å²) in [5, 5.41) is 25.9. The summed E-state index contributed by atoms with van der Waals surface area (Å²) in [4.78, 5) is 0. The topological polar surface area (TPSA) is 210 Å². The average Bonchev–Trinajstić information content (AvgIpc) is 2.85. The van der Waals surface area contributed by atoms with E-state index in [-0.39, 0.29) is 26.1 Å². The predicted molar refractivity (Wildman–Crippen MR) is 145 cm³/mol. The van der Waals surface area contributed by atoms with Crippen molar-refractivity contribution in [2.75, 3.05) is 19.6 Å². The zero-order valence-corrected chi connectivity index (χ0v) is 24.7. The minimum absolute atomic E-state index is 0.0231. The summed E-state index contributed by atoms with van der Waals surface area (Å²) in [5.41, 5.74) is 0. The maximum atomic E-state index is 13.6. The number of rotatable bonds is 24. The van der Waals surface area contributed by atoms with Crippen LogP contribution in [0.5, 0.6) is 0 Å². The highest BCUT2D eigenvalue weighted by molar-refractivity contribution is 8.24. The summed E-state index contributed by atoms with van der Waals surface area (Å²) < 4.78 is 85.1. The molecule has 0 rings (SSSR count). The Morgan fingerprint density at radius 2 is 0.842 bits per heavy atom. The van der Waals surface area contributed by atoms with Crippen molar-refractivity contribution < 1.29 is 25.3 Å². The van der Waals surface area contributed by atoms with E-state index in [1.807, 2.05) is 18.2 Å². The lowest BCUT2D eigenvalue weighted by atomic mass is 10.2. The van der Waals surface area contributed by atoms with Gasteiger partial charge in [-0.15, -0.1) is 0 Å². The second-order valence-electron chi connectivity index (χ2n) is 8.89. The van der Waals surface area contributed by atoms with Crippen LogP contribution in [-0.4, -0.2) is 48.3 Å². The molecule has 0 heterocycles. The Morgan fingerprint density at radius 3 is 1.11 bits per heavy atom. The summed E-state index contributed by atoms with van der Waals surface area (Å²) in [6.07, 6.45) is 4.69. The fourth-order valence-electron chi connectivity index (χ4n) is 3.70. The third kappa shape index (κ3) is 11.5. The van der Waals surface area contributed by atoms with Gasteiger partial charge in [-0.25, -0.2) is 39.4 Å². The molecule has 12 nitrogen and oxygen atoms in total. The van der Waals surface area contributed by atoms with Crippen LogP contribution < -0.4 is 14.2 Å². The predicted octanol–water partition coefficient (Wildman–Crippen LogP) is 2.84. The third-order valence-electron chi connectivity index (χ3n) is 5.84. The summed E-state index contributed by atoms with van der Waals surface area (Å²) >= 11 is 0. The Labute approximate surface area is 229 Å². The first-order chi connectivity index (χ1) is 18.0. The summed E-state index contributed by atoms with van der Waals surface area (Å²) in [6, 6.07) is 5.96. The first-order valence-corrected chi connectivity index (χ1v) is 17.5. The van der Waals surface area contributed by atoms with E-state index < -0.39 is 39.9 Å². The number of nitriles is 3. The van der Waals surface area contributed by atoms with Crippen molar-refractivity contribution in [2.45, 2.75) is 107 Å². The van der Waals surface area contributed by atoms with Crippen molar-refractivity contribution in [3.8, 4) is 18.2 Å². The quantitative estimate of drug-likeness (QED) is 0.140. The first-order valence-electron chi connectivity index (χ1n) is 13.1. The van der Waals surface area contributed by atoms with E-state index in [9.17, 15) is 25.3 Å². The number of hydrogen-bond acceptors (Lipinski definition) is 9. The maximum absolute atomic E-state index is 13.6. The van der Waals surface area contributed by atoms with Gasteiger partial charge in [0.05, 0.1) is 18.2 Å². The van der Waals surface area contributed by atoms with Crippen molar-refractivity contribution in [1.82, 2.24) is 14.2 Å². The van der Waals surface area contributed by atoms with Gasteiger partial charge >= 0.3 is 3.41 Å². The molecule has 0 aliphatic heterocycles. The van der Waals surface area contributed by atoms with Gasteiger partial charge in [-0.3, -0.25) is 0 Å². The molecule has 0 aliphatic rings. The molecule has 0 amide bonds. The summed E-state index contributed by atoms with van der Waals surface area (Å²) in [7, 11) is -14.9. The number of sulfonamides is 3. The van der Waals surface area contributed by atoms with Gasteiger partial charge in [0.1, 0.15) is 0 Å². The molecule has 3 N–H and O–H groups in total. The highest BCUT2D eigenvalue weighted by Crippen LogP contribution is 2.35. The van der Waals surface area contributed by atoms with E-state index in [0.717, 1.165) is 0 Å². The van der Waals surface area contributed by atoms with E-state index in [2.05, 4.69) is 14.2 Å². The van der Waals surface area contributed by atoms with E-state index in [4.69, 9.17) is 15.8 Å². The van der Waals surface area contributed by atoms with Crippen LogP contribution in [0.2, 0.25) is 0 Å². The zero-order chi connectivity index (χ0) is 29.0. The minimum atomic E-state index is -4.97. The summed E-state index contributed by atoms with van der Waals surface area (Å²) in [5.74, 6) is 0. The smallest absolute Gasteiger partial charge is 0.213 e. The van der Waals surface area contributed by atoms with Gasteiger partial charge in [0, 0.05) is 45.3 Å². The normalized spacial score (nSPS) is 12.5. The molecule has 0 fully saturated rings. The standard InChI is InChI=1S/C23H42N6O6S3/c1-2-3-16-23(36(30,31)27-20-13-7-4-10-17-24,37(32,33)28-21-14-8-5-11-18-25)38(34,35)29-22-15-9-6-12-19-26/h27-29H,2-16,20-22H2,1H3. The number of hydrogen-bond donors (Lipinski definition) is 3. The van der Waals surface area contributed by atoms with Gasteiger partial charge in [-0.1, -0.05) is 32.6 Å². The first kappa shape index (κ1) is 36.2. The third-order valence-corrected chi connectivity index (χ3v) is 14.6. The molecule has 218 valence electrons. The molecule has 0 aromatic rings. The Morgan fingerprint density at radius 1 is 0.526 bits per heavy atom. The van der Waals surface area contributed by atoms with Gasteiger partial charge < -0.3 is 0 Å². The van der Waals surface area contributed by atoms with E-state index >= 15 is 0 Å². The van der Waals surface area contributed by atoms with E-state index in [0.29, 0.717) is 83.5 Å². The fourth-order valence-corrected chi connectivity index (χ4v) is 11.4.